The van der Waals surface area contributed by atoms with E-state index < -0.39 is 10.0 Å². The van der Waals surface area contributed by atoms with Crippen LogP contribution in [0.2, 0.25) is 0 Å². The zero-order valence-electron chi connectivity index (χ0n) is 16.1. The first-order chi connectivity index (χ1) is 13.5. The number of fused-ring (bicyclic) bond motifs is 1. The van der Waals surface area contributed by atoms with Crippen LogP contribution >= 0.6 is 0 Å². The minimum absolute atomic E-state index is 0.214. The first kappa shape index (κ1) is 19.9. The van der Waals surface area contributed by atoms with Gasteiger partial charge in [-0.05, 0) is 50.1 Å². The second-order valence-corrected chi connectivity index (χ2v) is 8.21. The number of methoxy groups -OCH3 is 1. The number of aromatic nitrogens is 1. The summed E-state index contributed by atoms with van der Waals surface area (Å²) >= 11 is 0. The van der Waals surface area contributed by atoms with Crippen LogP contribution in [0.3, 0.4) is 0 Å². The Morgan fingerprint density at radius 1 is 1.14 bits per heavy atom. The molecule has 0 N–H and O–H groups in total. The zero-order chi connectivity index (χ0) is 20.1. The molecular weight excluding hydrogens is 372 g/mol. The minimum atomic E-state index is -3.75. The second kappa shape index (κ2) is 8.44. The molecule has 3 aromatic rings. The summed E-state index contributed by atoms with van der Waals surface area (Å²) in [6.45, 7) is 6.20. The van der Waals surface area contributed by atoms with Crippen molar-refractivity contribution in [1.29, 1.82) is 0 Å². The normalized spacial score (nSPS) is 11.9. The molecule has 2 aromatic carbocycles. The molecule has 1 heterocycles. The van der Waals surface area contributed by atoms with Gasteiger partial charge < -0.3 is 4.74 Å². The molecule has 0 aliphatic carbocycles. The summed E-state index contributed by atoms with van der Waals surface area (Å²) in [4.78, 5) is 4.70. The predicted octanol–water partition coefficient (Wildman–Crippen LogP) is 4.58. The van der Waals surface area contributed by atoms with E-state index in [1.54, 1.807) is 37.6 Å². The van der Waals surface area contributed by atoms with E-state index in [0.29, 0.717) is 23.5 Å². The zero-order valence-corrected chi connectivity index (χ0v) is 16.9. The number of ether oxygens (including phenoxy) is 1. The lowest BCUT2D eigenvalue weighted by atomic mass is 10.1. The van der Waals surface area contributed by atoms with Gasteiger partial charge in [0.25, 0.3) is 10.0 Å². The van der Waals surface area contributed by atoms with Gasteiger partial charge in [-0.15, -0.1) is 6.58 Å². The SMILES string of the molecule is C=CCCCN=Cc1c(C)n(S(=O)(=O)c2ccc(OC)cc2)c2ccccc12. The molecule has 5 nitrogen and oxygen atoms in total. The van der Waals surface area contributed by atoms with Crippen molar-refractivity contribution >= 4 is 27.1 Å². The van der Waals surface area contributed by atoms with Gasteiger partial charge in [-0.1, -0.05) is 24.3 Å². The molecule has 0 radical (unpaired) electrons. The topological polar surface area (TPSA) is 60.7 Å². The lowest BCUT2D eigenvalue weighted by Crippen LogP contribution is -2.14. The van der Waals surface area contributed by atoms with Crippen LogP contribution in [0.25, 0.3) is 10.9 Å². The van der Waals surface area contributed by atoms with Crippen LogP contribution in [0.4, 0.5) is 0 Å². The lowest BCUT2D eigenvalue weighted by Gasteiger charge is -2.10. The van der Waals surface area contributed by atoms with Crippen molar-refractivity contribution in [3.63, 3.8) is 0 Å². The Labute approximate surface area is 166 Å². The van der Waals surface area contributed by atoms with E-state index in [-0.39, 0.29) is 4.90 Å². The summed E-state index contributed by atoms with van der Waals surface area (Å²) in [5.41, 5.74) is 2.11. The van der Waals surface area contributed by atoms with Crippen molar-refractivity contribution in [3.05, 3.63) is 72.4 Å². The monoisotopic (exact) mass is 396 g/mol. The van der Waals surface area contributed by atoms with Crippen molar-refractivity contribution in [2.24, 2.45) is 4.99 Å². The lowest BCUT2D eigenvalue weighted by molar-refractivity contribution is 0.414. The Morgan fingerprint density at radius 2 is 1.86 bits per heavy atom. The Morgan fingerprint density at radius 3 is 2.54 bits per heavy atom. The van der Waals surface area contributed by atoms with Gasteiger partial charge in [0.05, 0.1) is 17.5 Å². The third-order valence-electron chi connectivity index (χ3n) is 4.62. The number of aliphatic imine (C=N–C) groups is 1. The van der Waals surface area contributed by atoms with Crippen LogP contribution in [-0.4, -0.2) is 32.3 Å². The summed E-state index contributed by atoms with van der Waals surface area (Å²) in [7, 11) is -2.20. The highest BCUT2D eigenvalue weighted by molar-refractivity contribution is 7.90. The maximum atomic E-state index is 13.4. The average molecular weight is 397 g/mol. The molecule has 1 aromatic heterocycles. The molecule has 0 atom stereocenters. The molecule has 0 saturated heterocycles. The molecule has 146 valence electrons. The van der Waals surface area contributed by atoms with Gasteiger partial charge in [-0.25, -0.2) is 12.4 Å². The van der Waals surface area contributed by atoms with Gasteiger partial charge >= 0.3 is 0 Å². The van der Waals surface area contributed by atoms with Crippen molar-refractivity contribution in [2.75, 3.05) is 13.7 Å². The fourth-order valence-corrected chi connectivity index (χ4v) is 4.74. The number of hydrogen-bond donors (Lipinski definition) is 0. The summed E-state index contributed by atoms with van der Waals surface area (Å²) in [6.07, 6.45) is 5.47. The molecule has 0 amide bonds. The Balaban J connectivity index is 2.10. The first-order valence-electron chi connectivity index (χ1n) is 9.11. The molecule has 0 bridgehead atoms. The van der Waals surface area contributed by atoms with E-state index in [1.165, 1.54) is 3.97 Å². The number of allylic oxidation sites excluding steroid dienone is 1. The number of benzene rings is 2. The predicted molar refractivity (Wildman–Crippen MR) is 114 cm³/mol. The van der Waals surface area contributed by atoms with E-state index in [9.17, 15) is 8.42 Å². The molecule has 3 rings (SSSR count). The molecular formula is C22H24N2O3S. The molecule has 0 spiro atoms. The van der Waals surface area contributed by atoms with Gasteiger partial charge in [-0.2, -0.15) is 0 Å². The van der Waals surface area contributed by atoms with Crippen LogP contribution < -0.4 is 4.74 Å². The molecule has 0 aliphatic heterocycles. The molecule has 0 aliphatic rings. The smallest absolute Gasteiger partial charge is 0.268 e. The van der Waals surface area contributed by atoms with Gasteiger partial charge in [0, 0.05) is 29.4 Å². The molecule has 0 unspecified atom stereocenters. The van der Waals surface area contributed by atoms with E-state index >= 15 is 0 Å². The maximum Gasteiger partial charge on any atom is 0.268 e. The summed E-state index contributed by atoms with van der Waals surface area (Å²) in [6, 6.07) is 13.9. The van der Waals surface area contributed by atoms with Crippen molar-refractivity contribution in [1.82, 2.24) is 3.97 Å². The molecule has 0 fully saturated rings. The number of rotatable bonds is 8. The largest absolute Gasteiger partial charge is 0.497 e. The number of unbranched alkanes of at least 4 members (excludes halogenated alkanes) is 1. The van der Waals surface area contributed by atoms with Gasteiger partial charge in [0.15, 0.2) is 0 Å². The van der Waals surface area contributed by atoms with E-state index in [0.717, 1.165) is 23.8 Å². The minimum Gasteiger partial charge on any atom is -0.497 e. The maximum absolute atomic E-state index is 13.4. The molecule has 6 heteroatoms. The Kier molecular flexibility index (Phi) is 5.99. The molecule has 28 heavy (non-hydrogen) atoms. The van der Waals surface area contributed by atoms with Crippen molar-refractivity contribution in [2.45, 2.75) is 24.7 Å². The van der Waals surface area contributed by atoms with E-state index in [1.807, 2.05) is 37.3 Å². The quantitative estimate of drug-likeness (QED) is 0.318. The van der Waals surface area contributed by atoms with Gasteiger partial charge in [0.1, 0.15) is 5.75 Å². The van der Waals surface area contributed by atoms with E-state index in [2.05, 4.69) is 11.6 Å². The van der Waals surface area contributed by atoms with Crippen LogP contribution in [-0.2, 0) is 10.0 Å². The second-order valence-electron chi connectivity index (χ2n) is 6.43. The first-order valence-corrected chi connectivity index (χ1v) is 10.5. The van der Waals surface area contributed by atoms with Crippen LogP contribution in [0, 0.1) is 6.92 Å². The van der Waals surface area contributed by atoms with Gasteiger partial charge in [-0.3, -0.25) is 4.99 Å². The number of hydrogen-bond acceptors (Lipinski definition) is 4. The third-order valence-corrected chi connectivity index (χ3v) is 6.44. The van der Waals surface area contributed by atoms with Crippen molar-refractivity contribution in [3.8, 4) is 5.75 Å². The van der Waals surface area contributed by atoms with Crippen LogP contribution in [0.15, 0.2) is 71.1 Å². The number of nitrogens with zero attached hydrogens (tertiary/aromatic N) is 2. The van der Waals surface area contributed by atoms with Gasteiger partial charge in [0.2, 0.25) is 0 Å². The molecule has 0 saturated carbocycles. The average Bonchev–Trinajstić information content (AvgIpc) is 3.00. The summed E-state index contributed by atoms with van der Waals surface area (Å²) < 4.78 is 33.3. The highest BCUT2D eigenvalue weighted by Crippen LogP contribution is 2.29. The highest BCUT2D eigenvalue weighted by atomic mass is 32.2. The van der Waals surface area contributed by atoms with E-state index in [4.69, 9.17) is 4.74 Å². The Hall–Kier alpha value is -2.86. The number of para-hydroxylation sites is 1. The third kappa shape index (κ3) is 3.73. The fraction of sp³-hybridized carbons (Fsp3) is 0.227. The standard InChI is InChI=1S/C22H24N2O3S/c1-4-5-8-15-23-16-21-17(2)24(22-10-7-6-9-20(21)22)28(25,26)19-13-11-18(27-3)12-14-19/h4,6-7,9-14,16H,1,5,8,15H2,2-3H3. The van der Waals surface area contributed by atoms with Crippen LogP contribution in [0.1, 0.15) is 24.1 Å². The van der Waals surface area contributed by atoms with Crippen molar-refractivity contribution < 1.29 is 13.2 Å². The fourth-order valence-electron chi connectivity index (χ4n) is 3.17. The Bertz CT molecular complexity index is 1110. The highest BCUT2D eigenvalue weighted by Gasteiger charge is 2.24. The summed E-state index contributed by atoms with van der Waals surface area (Å²) in [5, 5.41) is 0.865. The van der Waals surface area contributed by atoms with Crippen LogP contribution in [0.5, 0.6) is 5.75 Å². The summed E-state index contributed by atoms with van der Waals surface area (Å²) in [5.74, 6) is 0.611.